The Morgan fingerprint density at radius 2 is 1.75 bits per heavy atom. The lowest BCUT2D eigenvalue weighted by molar-refractivity contribution is 0.0464. The van der Waals surface area contributed by atoms with Gasteiger partial charge in [-0.05, 0) is 43.7 Å². The van der Waals surface area contributed by atoms with Crippen LogP contribution in [0.3, 0.4) is 0 Å². The summed E-state index contributed by atoms with van der Waals surface area (Å²) in [5.41, 5.74) is 3.71. The Balaban J connectivity index is 1.74. The number of hydrogen-bond acceptors (Lipinski definition) is 4. The number of nitrogens with zero attached hydrogens (tertiary/aromatic N) is 3. The van der Waals surface area contributed by atoms with Gasteiger partial charge in [0.05, 0.1) is 11.4 Å². The summed E-state index contributed by atoms with van der Waals surface area (Å²) in [5.74, 6) is -0.499. The Labute approximate surface area is 144 Å². The zero-order valence-corrected chi connectivity index (χ0v) is 14.1. The normalized spacial score (nSPS) is 10.6. The van der Waals surface area contributed by atoms with Crippen LogP contribution in [0.1, 0.15) is 27.3 Å². The molecule has 0 aliphatic carbocycles. The summed E-state index contributed by atoms with van der Waals surface area (Å²) in [4.78, 5) is 12.2. The average Bonchev–Trinajstić information content (AvgIpc) is 2.96. The molecule has 0 unspecified atom stereocenters. The van der Waals surface area contributed by atoms with Gasteiger partial charge in [-0.25, -0.2) is 9.48 Å². The third kappa shape index (κ3) is 3.46. The number of esters is 1. The molecule has 1 heterocycles. The van der Waals surface area contributed by atoms with E-state index in [0.717, 1.165) is 16.8 Å². The topological polar surface area (TPSA) is 57.0 Å². The molecule has 0 saturated carbocycles. The lowest BCUT2D eigenvalue weighted by Crippen LogP contribution is -2.08. The molecule has 3 rings (SSSR count). The van der Waals surface area contributed by atoms with Gasteiger partial charge in [-0.3, -0.25) is 0 Å². The molecule has 6 heteroatoms. The highest BCUT2D eigenvalue weighted by molar-refractivity contribution is 6.30. The van der Waals surface area contributed by atoms with E-state index < -0.39 is 5.97 Å². The Bertz CT molecular complexity index is 855. The van der Waals surface area contributed by atoms with Gasteiger partial charge >= 0.3 is 5.97 Å². The molecule has 5 nitrogen and oxygen atoms in total. The number of aromatic nitrogens is 3. The second-order valence-electron chi connectivity index (χ2n) is 5.47. The van der Waals surface area contributed by atoms with Crippen molar-refractivity contribution in [3.63, 3.8) is 0 Å². The first-order valence-corrected chi connectivity index (χ1v) is 7.83. The number of hydrogen-bond donors (Lipinski definition) is 0. The van der Waals surface area contributed by atoms with E-state index in [-0.39, 0.29) is 12.3 Å². The van der Waals surface area contributed by atoms with Crippen LogP contribution >= 0.6 is 11.6 Å². The zero-order valence-electron chi connectivity index (χ0n) is 13.4. The van der Waals surface area contributed by atoms with E-state index >= 15 is 0 Å². The Kier molecular flexibility index (Phi) is 4.62. The van der Waals surface area contributed by atoms with E-state index in [0.29, 0.717) is 10.7 Å². The summed E-state index contributed by atoms with van der Waals surface area (Å²) in [5, 5.41) is 8.65. The monoisotopic (exact) mass is 341 g/mol. The van der Waals surface area contributed by atoms with Crippen LogP contribution in [-0.2, 0) is 11.3 Å². The van der Waals surface area contributed by atoms with Crippen molar-refractivity contribution in [3.05, 3.63) is 76.1 Å². The van der Waals surface area contributed by atoms with Crippen molar-refractivity contribution in [1.82, 2.24) is 15.0 Å². The molecule has 0 aliphatic rings. The minimum atomic E-state index is -0.499. The summed E-state index contributed by atoms with van der Waals surface area (Å²) < 4.78 is 6.93. The number of ether oxygens (including phenoxy) is 1. The van der Waals surface area contributed by atoms with Crippen LogP contribution in [-0.4, -0.2) is 21.0 Å². The van der Waals surface area contributed by atoms with E-state index in [1.54, 1.807) is 23.7 Å². The number of benzene rings is 2. The van der Waals surface area contributed by atoms with Crippen molar-refractivity contribution >= 4 is 17.6 Å². The number of rotatable bonds is 4. The van der Waals surface area contributed by atoms with Crippen LogP contribution in [0.25, 0.3) is 5.69 Å². The van der Waals surface area contributed by atoms with Crippen LogP contribution in [0, 0.1) is 13.8 Å². The maximum atomic E-state index is 12.2. The first-order valence-electron chi connectivity index (χ1n) is 7.45. The third-order valence-corrected chi connectivity index (χ3v) is 3.90. The van der Waals surface area contributed by atoms with Gasteiger partial charge in [0.2, 0.25) is 0 Å². The van der Waals surface area contributed by atoms with Crippen LogP contribution in [0.2, 0.25) is 5.02 Å². The first kappa shape index (κ1) is 16.2. The second-order valence-corrected chi connectivity index (χ2v) is 5.91. The molecule has 3 aromatic rings. The van der Waals surface area contributed by atoms with Gasteiger partial charge in [0.15, 0.2) is 5.69 Å². The van der Waals surface area contributed by atoms with E-state index in [1.165, 1.54) is 0 Å². The molecule has 1 aromatic heterocycles. The summed E-state index contributed by atoms with van der Waals surface area (Å²) in [6, 6.07) is 15.0. The van der Waals surface area contributed by atoms with Crippen molar-refractivity contribution in [1.29, 1.82) is 0 Å². The molecular formula is C18H16ClN3O2. The number of carbonyl (C=O) groups is 1. The summed E-state index contributed by atoms with van der Waals surface area (Å²) in [7, 11) is 0. The summed E-state index contributed by atoms with van der Waals surface area (Å²) >= 11 is 5.83. The van der Waals surface area contributed by atoms with E-state index in [4.69, 9.17) is 16.3 Å². The maximum Gasteiger partial charge on any atom is 0.361 e. The maximum absolute atomic E-state index is 12.2. The molecule has 0 N–H and O–H groups in total. The molecule has 0 spiro atoms. The molecule has 2 aromatic carbocycles. The fraction of sp³-hybridized carbons (Fsp3) is 0.167. The molecule has 0 aliphatic heterocycles. The van der Waals surface area contributed by atoms with E-state index in [1.807, 2.05) is 43.3 Å². The van der Waals surface area contributed by atoms with Crippen LogP contribution in [0.5, 0.6) is 0 Å². The predicted molar refractivity (Wildman–Crippen MR) is 91.4 cm³/mol. The second kappa shape index (κ2) is 6.84. The molecule has 122 valence electrons. The van der Waals surface area contributed by atoms with Crippen molar-refractivity contribution in [2.75, 3.05) is 0 Å². The fourth-order valence-electron chi connectivity index (χ4n) is 2.25. The molecule has 0 amide bonds. The number of aryl methyl sites for hydroxylation is 1. The largest absolute Gasteiger partial charge is 0.456 e. The first-order chi connectivity index (χ1) is 11.5. The van der Waals surface area contributed by atoms with Gasteiger partial charge in [-0.15, -0.1) is 5.10 Å². The molecule has 24 heavy (non-hydrogen) atoms. The van der Waals surface area contributed by atoms with Gasteiger partial charge in [0.1, 0.15) is 6.61 Å². The molecule has 0 radical (unpaired) electrons. The van der Waals surface area contributed by atoms with Crippen LogP contribution in [0.4, 0.5) is 0 Å². The van der Waals surface area contributed by atoms with Gasteiger partial charge in [0, 0.05) is 5.02 Å². The molecule has 0 fully saturated rings. The molecular weight excluding hydrogens is 326 g/mol. The Morgan fingerprint density at radius 1 is 1.08 bits per heavy atom. The molecule has 0 atom stereocenters. The lowest BCUT2D eigenvalue weighted by atomic mass is 10.2. The van der Waals surface area contributed by atoms with Crippen molar-refractivity contribution in [2.24, 2.45) is 0 Å². The quantitative estimate of drug-likeness (QED) is 0.675. The SMILES string of the molecule is Cc1ccc(-n2nnc(C(=O)OCc3ccc(Cl)cc3)c2C)cc1. The Morgan fingerprint density at radius 3 is 2.42 bits per heavy atom. The minimum absolute atomic E-state index is 0.160. The highest BCUT2D eigenvalue weighted by Gasteiger charge is 2.18. The standard InChI is InChI=1S/C18H16ClN3O2/c1-12-3-9-16(10-4-12)22-13(2)17(20-21-22)18(23)24-11-14-5-7-15(19)8-6-14/h3-10H,11H2,1-2H3. The predicted octanol–water partition coefficient (Wildman–Crippen LogP) is 3.89. The van der Waals surface area contributed by atoms with Gasteiger partial charge in [0.25, 0.3) is 0 Å². The third-order valence-electron chi connectivity index (χ3n) is 3.65. The van der Waals surface area contributed by atoms with Crippen LogP contribution < -0.4 is 0 Å². The fourth-order valence-corrected chi connectivity index (χ4v) is 2.37. The van der Waals surface area contributed by atoms with Gasteiger partial charge in [-0.2, -0.15) is 0 Å². The summed E-state index contributed by atoms with van der Waals surface area (Å²) in [6.07, 6.45) is 0. The number of halogens is 1. The van der Waals surface area contributed by atoms with E-state index in [2.05, 4.69) is 10.3 Å². The van der Waals surface area contributed by atoms with Crippen molar-refractivity contribution < 1.29 is 9.53 Å². The van der Waals surface area contributed by atoms with E-state index in [9.17, 15) is 4.79 Å². The van der Waals surface area contributed by atoms with Gasteiger partial charge in [-0.1, -0.05) is 46.6 Å². The van der Waals surface area contributed by atoms with Gasteiger partial charge < -0.3 is 4.74 Å². The number of carbonyl (C=O) groups excluding carboxylic acids is 1. The van der Waals surface area contributed by atoms with Crippen molar-refractivity contribution in [3.8, 4) is 5.69 Å². The summed E-state index contributed by atoms with van der Waals surface area (Å²) in [6.45, 7) is 3.96. The lowest BCUT2D eigenvalue weighted by Gasteiger charge is -2.05. The highest BCUT2D eigenvalue weighted by Crippen LogP contribution is 2.15. The van der Waals surface area contributed by atoms with Crippen LogP contribution in [0.15, 0.2) is 48.5 Å². The zero-order chi connectivity index (χ0) is 17.1. The Hall–Kier alpha value is -2.66. The smallest absolute Gasteiger partial charge is 0.361 e. The minimum Gasteiger partial charge on any atom is -0.456 e. The molecule has 0 bridgehead atoms. The highest BCUT2D eigenvalue weighted by atomic mass is 35.5. The van der Waals surface area contributed by atoms with Crippen molar-refractivity contribution in [2.45, 2.75) is 20.5 Å². The molecule has 0 saturated heterocycles. The average molecular weight is 342 g/mol.